The van der Waals surface area contributed by atoms with Crippen LogP contribution in [0.5, 0.6) is 0 Å². The first kappa shape index (κ1) is 17.5. The molecule has 2 heterocycles. The third kappa shape index (κ3) is 5.76. The zero-order valence-corrected chi connectivity index (χ0v) is 14.5. The number of ether oxygens (including phenoxy) is 1. The van der Waals surface area contributed by atoms with Crippen LogP contribution in [0.15, 0.2) is 4.99 Å². The SMILES string of the molecule is CCNC(=NCCN1CCCCC1)N1CCC(OCC)CC1. The predicted octanol–water partition coefficient (Wildman–Crippen LogP) is 1.94. The molecule has 0 amide bonds. The Labute approximate surface area is 136 Å². The second-order valence-electron chi connectivity index (χ2n) is 6.28. The van der Waals surface area contributed by atoms with E-state index in [2.05, 4.69) is 29.0 Å². The molecule has 5 nitrogen and oxygen atoms in total. The third-order valence-corrected chi connectivity index (χ3v) is 4.61. The van der Waals surface area contributed by atoms with E-state index in [9.17, 15) is 0 Å². The van der Waals surface area contributed by atoms with Gasteiger partial charge in [0.1, 0.15) is 0 Å². The van der Waals surface area contributed by atoms with E-state index in [4.69, 9.17) is 9.73 Å². The minimum absolute atomic E-state index is 0.442. The number of nitrogens with one attached hydrogen (secondary N) is 1. The van der Waals surface area contributed by atoms with E-state index in [1.807, 2.05) is 0 Å². The van der Waals surface area contributed by atoms with Crippen molar-refractivity contribution in [2.75, 3.05) is 52.4 Å². The summed E-state index contributed by atoms with van der Waals surface area (Å²) in [5, 5.41) is 3.45. The van der Waals surface area contributed by atoms with Gasteiger partial charge < -0.3 is 19.9 Å². The predicted molar refractivity (Wildman–Crippen MR) is 92.5 cm³/mol. The molecule has 2 aliphatic rings. The lowest BCUT2D eigenvalue weighted by molar-refractivity contribution is 0.0263. The zero-order chi connectivity index (χ0) is 15.6. The largest absolute Gasteiger partial charge is 0.378 e. The molecule has 0 saturated carbocycles. The van der Waals surface area contributed by atoms with Gasteiger partial charge in [-0.05, 0) is 52.6 Å². The van der Waals surface area contributed by atoms with Gasteiger partial charge in [0.05, 0.1) is 12.6 Å². The van der Waals surface area contributed by atoms with E-state index in [0.717, 1.165) is 58.1 Å². The first-order valence-corrected chi connectivity index (χ1v) is 9.20. The molecule has 0 spiro atoms. The fourth-order valence-electron chi connectivity index (χ4n) is 3.38. The maximum absolute atomic E-state index is 5.74. The lowest BCUT2D eigenvalue weighted by atomic mass is 10.1. The standard InChI is InChI=1S/C17H34N4O/c1-3-18-17(19-10-15-20-11-6-5-7-12-20)21-13-8-16(9-14-21)22-4-2/h16H,3-15H2,1-2H3,(H,18,19). The second-order valence-corrected chi connectivity index (χ2v) is 6.28. The van der Waals surface area contributed by atoms with Gasteiger partial charge in [0.15, 0.2) is 5.96 Å². The first-order valence-electron chi connectivity index (χ1n) is 9.20. The van der Waals surface area contributed by atoms with Crippen molar-refractivity contribution in [3.63, 3.8) is 0 Å². The Morgan fingerprint density at radius 3 is 2.45 bits per heavy atom. The van der Waals surface area contributed by atoms with Crippen LogP contribution < -0.4 is 5.32 Å². The molecule has 0 unspecified atom stereocenters. The number of hydrogen-bond donors (Lipinski definition) is 1. The van der Waals surface area contributed by atoms with Crippen LogP contribution in [0.2, 0.25) is 0 Å². The fourth-order valence-corrected chi connectivity index (χ4v) is 3.38. The summed E-state index contributed by atoms with van der Waals surface area (Å²) in [5.41, 5.74) is 0. The first-order chi connectivity index (χ1) is 10.8. The van der Waals surface area contributed by atoms with E-state index >= 15 is 0 Å². The number of rotatable bonds is 6. The number of piperidine rings is 2. The highest BCUT2D eigenvalue weighted by atomic mass is 16.5. The van der Waals surface area contributed by atoms with Gasteiger partial charge in [-0.1, -0.05) is 6.42 Å². The minimum Gasteiger partial charge on any atom is -0.378 e. The summed E-state index contributed by atoms with van der Waals surface area (Å²) >= 11 is 0. The molecule has 0 atom stereocenters. The Bertz CT molecular complexity index is 321. The van der Waals surface area contributed by atoms with Gasteiger partial charge in [-0.3, -0.25) is 4.99 Å². The molecule has 1 N–H and O–H groups in total. The van der Waals surface area contributed by atoms with Crippen LogP contribution in [0.1, 0.15) is 46.0 Å². The van der Waals surface area contributed by atoms with Gasteiger partial charge in [0.25, 0.3) is 0 Å². The fraction of sp³-hybridized carbons (Fsp3) is 0.941. The van der Waals surface area contributed by atoms with Gasteiger partial charge in [-0.25, -0.2) is 0 Å². The van der Waals surface area contributed by atoms with Gasteiger partial charge in [0, 0.05) is 32.8 Å². The van der Waals surface area contributed by atoms with Crippen molar-refractivity contribution in [1.29, 1.82) is 0 Å². The molecule has 2 fully saturated rings. The van der Waals surface area contributed by atoms with E-state index in [0.29, 0.717) is 6.10 Å². The molecular formula is C17H34N4O. The Morgan fingerprint density at radius 2 is 1.82 bits per heavy atom. The monoisotopic (exact) mass is 310 g/mol. The zero-order valence-electron chi connectivity index (χ0n) is 14.5. The number of nitrogens with zero attached hydrogens (tertiary/aromatic N) is 3. The Morgan fingerprint density at radius 1 is 1.09 bits per heavy atom. The summed E-state index contributed by atoms with van der Waals surface area (Å²) in [5.74, 6) is 1.09. The molecule has 0 radical (unpaired) electrons. The van der Waals surface area contributed by atoms with Crippen molar-refractivity contribution in [3.8, 4) is 0 Å². The topological polar surface area (TPSA) is 40.1 Å². The molecular weight excluding hydrogens is 276 g/mol. The van der Waals surface area contributed by atoms with E-state index in [1.165, 1.54) is 32.4 Å². The summed E-state index contributed by atoms with van der Waals surface area (Å²) in [6.45, 7) is 12.6. The molecule has 0 aromatic heterocycles. The lowest BCUT2D eigenvalue weighted by Gasteiger charge is -2.34. The van der Waals surface area contributed by atoms with Crippen LogP contribution in [0.3, 0.4) is 0 Å². The smallest absolute Gasteiger partial charge is 0.193 e. The highest BCUT2D eigenvalue weighted by Crippen LogP contribution is 2.14. The number of guanidine groups is 1. The normalized spacial score (nSPS) is 22.1. The second kappa shape index (κ2) is 10.1. The molecule has 2 aliphatic heterocycles. The molecule has 0 aromatic rings. The van der Waals surface area contributed by atoms with Crippen molar-refractivity contribution >= 4 is 5.96 Å². The van der Waals surface area contributed by atoms with Crippen LogP contribution >= 0.6 is 0 Å². The van der Waals surface area contributed by atoms with Crippen molar-refractivity contribution in [2.45, 2.75) is 52.1 Å². The van der Waals surface area contributed by atoms with Gasteiger partial charge in [-0.2, -0.15) is 0 Å². The highest BCUT2D eigenvalue weighted by molar-refractivity contribution is 5.80. The Balaban J connectivity index is 1.77. The summed E-state index contributed by atoms with van der Waals surface area (Å²) < 4.78 is 5.74. The number of hydrogen-bond acceptors (Lipinski definition) is 3. The maximum Gasteiger partial charge on any atom is 0.193 e. The van der Waals surface area contributed by atoms with Crippen LogP contribution in [0, 0.1) is 0 Å². The average molecular weight is 310 g/mol. The summed E-state index contributed by atoms with van der Waals surface area (Å²) in [6, 6.07) is 0. The van der Waals surface area contributed by atoms with Crippen LogP contribution in [-0.2, 0) is 4.74 Å². The Hall–Kier alpha value is -0.810. The maximum atomic E-state index is 5.74. The lowest BCUT2D eigenvalue weighted by Crippen LogP contribution is -2.47. The van der Waals surface area contributed by atoms with Crippen molar-refractivity contribution in [1.82, 2.24) is 15.1 Å². The quantitative estimate of drug-likeness (QED) is 0.601. The highest BCUT2D eigenvalue weighted by Gasteiger charge is 2.21. The molecule has 0 bridgehead atoms. The van der Waals surface area contributed by atoms with Crippen molar-refractivity contribution in [3.05, 3.63) is 0 Å². The van der Waals surface area contributed by atoms with Gasteiger partial charge >= 0.3 is 0 Å². The molecule has 2 saturated heterocycles. The number of aliphatic imine (C=N–C) groups is 1. The molecule has 128 valence electrons. The number of likely N-dealkylation sites (tertiary alicyclic amines) is 2. The van der Waals surface area contributed by atoms with E-state index < -0.39 is 0 Å². The molecule has 2 rings (SSSR count). The third-order valence-electron chi connectivity index (χ3n) is 4.61. The van der Waals surface area contributed by atoms with Crippen molar-refractivity contribution in [2.24, 2.45) is 4.99 Å². The van der Waals surface area contributed by atoms with E-state index in [1.54, 1.807) is 0 Å². The van der Waals surface area contributed by atoms with Gasteiger partial charge in [-0.15, -0.1) is 0 Å². The van der Waals surface area contributed by atoms with Crippen molar-refractivity contribution < 1.29 is 4.74 Å². The molecule has 0 aromatic carbocycles. The van der Waals surface area contributed by atoms with Crippen LogP contribution in [0.25, 0.3) is 0 Å². The molecule has 5 heteroatoms. The molecule has 0 aliphatic carbocycles. The van der Waals surface area contributed by atoms with E-state index in [-0.39, 0.29) is 0 Å². The van der Waals surface area contributed by atoms with Crippen LogP contribution in [0.4, 0.5) is 0 Å². The summed E-state index contributed by atoms with van der Waals surface area (Å²) in [6.07, 6.45) is 6.78. The summed E-state index contributed by atoms with van der Waals surface area (Å²) in [7, 11) is 0. The molecule has 22 heavy (non-hydrogen) atoms. The summed E-state index contributed by atoms with van der Waals surface area (Å²) in [4.78, 5) is 9.80. The minimum atomic E-state index is 0.442. The van der Waals surface area contributed by atoms with Crippen LogP contribution in [-0.4, -0.2) is 74.3 Å². The average Bonchev–Trinajstić information content (AvgIpc) is 2.56. The van der Waals surface area contributed by atoms with Gasteiger partial charge in [0.2, 0.25) is 0 Å². The Kier molecular flexibility index (Phi) is 8.02.